The van der Waals surface area contributed by atoms with Crippen molar-refractivity contribution in [1.29, 1.82) is 0 Å². The molecule has 4 nitrogen and oxygen atoms in total. The van der Waals surface area contributed by atoms with Gasteiger partial charge in [0.2, 0.25) is 0 Å². The fourth-order valence-electron chi connectivity index (χ4n) is 2.84. The molecule has 1 heterocycles. The quantitative estimate of drug-likeness (QED) is 0.569. The fourth-order valence-corrected chi connectivity index (χ4v) is 3.83. The van der Waals surface area contributed by atoms with Gasteiger partial charge in [-0.2, -0.15) is 0 Å². The van der Waals surface area contributed by atoms with E-state index in [2.05, 4.69) is 30.9 Å². The smallest absolute Gasteiger partial charge is 0.347 e. The lowest BCUT2D eigenvalue weighted by Crippen LogP contribution is -2.31. The molecule has 1 aliphatic heterocycles. The van der Waals surface area contributed by atoms with Crippen molar-refractivity contribution >= 4 is 34.2 Å². The molecule has 1 unspecified atom stereocenters. The molecule has 1 aromatic carbocycles. The molecule has 1 aliphatic rings. The Morgan fingerprint density at radius 2 is 1.91 bits per heavy atom. The van der Waals surface area contributed by atoms with Crippen LogP contribution in [-0.4, -0.2) is 32.3 Å². The molecule has 0 fully saturated rings. The summed E-state index contributed by atoms with van der Waals surface area (Å²) in [5, 5.41) is 0. The van der Waals surface area contributed by atoms with Crippen molar-refractivity contribution in [3.05, 3.63) is 41.6 Å². The molecule has 122 valence electrons. The van der Waals surface area contributed by atoms with Gasteiger partial charge in [0.25, 0.3) is 0 Å². The second-order valence-corrected chi connectivity index (χ2v) is 10.4. The second-order valence-electron chi connectivity index (χ2n) is 6.13. The first-order valence-corrected chi connectivity index (χ1v) is 10.4. The van der Waals surface area contributed by atoms with E-state index in [0.29, 0.717) is 0 Å². The number of likely N-dealkylation sites (N-methyl/N-ethyl adjacent to an activating group) is 2. The molecule has 22 heavy (non-hydrogen) atoms. The van der Waals surface area contributed by atoms with Crippen molar-refractivity contribution in [3.8, 4) is 0 Å². The van der Waals surface area contributed by atoms with Crippen LogP contribution in [0.3, 0.4) is 0 Å². The highest BCUT2D eigenvalue weighted by Gasteiger charge is 2.39. The van der Waals surface area contributed by atoms with Crippen molar-refractivity contribution in [3.63, 3.8) is 0 Å². The van der Waals surface area contributed by atoms with Gasteiger partial charge in [-0.05, 0) is 54.3 Å². The summed E-state index contributed by atoms with van der Waals surface area (Å²) in [7, 11) is 5.65. The molecule has 0 bridgehead atoms. The predicted octanol–water partition coefficient (Wildman–Crippen LogP) is 4.79. The van der Waals surface area contributed by atoms with E-state index < -0.39 is 12.3 Å². The van der Waals surface area contributed by atoms with Gasteiger partial charge in [0, 0.05) is 23.8 Å². The highest BCUT2D eigenvalue weighted by atomic mass is 35.9. The minimum Gasteiger partial charge on any atom is -0.347 e. The van der Waals surface area contributed by atoms with Crippen LogP contribution in [0.2, 0.25) is 0 Å². The molecule has 0 radical (unpaired) electrons. The maximum atomic E-state index is 11.6. The van der Waals surface area contributed by atoms with E-state index >= 15 is 0 Å². The molecule has 0 saturated heterocycles. The molecule has 0 spiro atoms. The lowest BCUT2D eigenvalue weighted by Gasteiger charge is -2.28. The second kappa shape index (κ2) is 6.18. The number of rotatable bonds is 4. The van der Waals surface area contributed by atoms with Gasteiger partial charge >= 0.3 is 6.07 Å². The summed E-state index contributed by atoms with van der Waals surface area (Å²) >= 11 is 11.2. The zero-order valence-corrected chi connectivity index (χ0v) is 15.8. The van der Waals surface area contributed by atoms with Gasteiger partial charge in [0.15, 0.2) is 0 Å². The Morgan fingerprint density at radius 3 is 2.41 bits per heavy atom. The van der Waals surface area contributed by atoms with Crippen LogP contribution in [0.4, 0.5) is 5.69 Å². The van der Waals surface area contributed by atoms with E-state index in [1.165, 1.54) is 5.56 Å². The molecule has 0 aliphatic carbocycles. The Hall–Kier alpha value is -0.510. The molecule has 0 N–H and O–H groups in total. The van der Waals surface area contributed by atoms with Gasteiger partial charge in [0.05, 0.1) is 0 Å². The summed E-state index contributed by atoms with van der Waals surface area (Å²) < 4.78 is 16.9. The normalized spacial score (nSPS) is 20.5. The zero-order valence-electron chi connectivity index (χ0n) is 13.4. The van der Waals surface area contributed by atoms with E-state index in [1.54, 1.807) is 4.90 Å². The SMILES string of the molecule is CN1/C(=C/C(OP(=O)(Cl)Cl)N(C)C)C(C)(C)c2ccccc21. The van der Waals surface area contributed by atoms with Crippen LogP contribution in [-0.2, 0) is 14.5 Å². The van der Waals surface area contributed by atoms with Crippen LogP contribution in [0.5, 0.6) is 0 Å². The topological polar surface area (TPSA) is 32.8 Å². The van der Waals surface area contributed by atoms with Crippen molar-refractivity contribution < 1.29 is 9.09 Å². The average Bonchev–Trinajstić information content (AvgIpc) is 2.58. The van der Waals surface area contributed by atoms with Crippen molar-refractivity contribution in [2.24, 2.45) is 0 Å². The first-order valence-electron chi connectivity index (χ1n) is 6.94. The van der Waals surface area contributed by atoms with Gasteiger partial charge in [-0.15, -0.1) is 0 Å². The predicted molar refractivity (Wildman–Crippen MR) is 93.8 cm³/mol. The molecule has 2 rings (SSSR count). The largest absolute Gasteiger partial charge is 0.381 e. The number of para-hydroxylation sites is 1. The van der Waals surface area contributed by atoms with Crippen LogP contribution >= 0.6 is 28.6 Å². The van der Waals surface area contributed by atoms with Crippen LogP contribution in [0, 0.1) is 0 Å². The summed E-state index contributed by atoms with van der Waals surface area (Å²) in [6.07, 6.45) is -2.29. The highest BCUT2D eigenvalue weighted by Crippen LogP contribution is 2.59. The molecule has 0 aromatic heterocycles. The average molecular weight is 363 g/mol. The summed E-state index contributed by atoms with van der Waals surface area (Å²) in [5.41, 5.74) is 3.25. The number of anilines is 1. The number of benzene rings is 1. The van der Waals surface area contributed by atoms with E-state index in [4.69, 9.17) is 27.0 Å². The van der Waals surface area contributed by atoms with Crippen molar-refractivity contribution in [1.82, 2.24) is 4.90 Å². The molecular formula is C15H21Cl2N2O2P. The molecular weight excluding hydrogens is 342 g/mol. The van der Waals surface area contributed by atoms with Crippen LogP contribution in [0.1, 0.15) is 19.4 Å². The minimum absolute atomic E-state index is 0.189. The zero-order chi connectivity index (χ0) is 16.7. The molecule has 0 amide bonds. The Morgan fingerprint density at radius 1 is 1.32 bits per heavy atom. The number of nitrogens with zero attached hydrogens (tertiary/aromatic N) is 2. The summed E-state index contributed by atoms with van der Waals surface area (Å²) in [4.78, 5) is 3.89. The molecule has 0 saturated carbocycles. The van der Waals surface area contributed by atoms with Crippen molar-refractivity contribution in [2.45, 2.75) is 25.5 Å². The Bertz CT molecular complexity index is 640. The molecule has 1 aromatic rings. The minimum atomic E-state index is -3.63. The van der Waals surface area contributed by atoms with Gasteiger partial charge in [-0.25, -0.2) is 0 Å². The summed E-state index contributed by atoms with van der Waals surface area (Å²) in [6, 6.07) is 8.24. The maximum Gasteiger partial charge on any atom is 0.381 e. The van der Waals surface area contributed by atoms with Crippen LogP contribution in [0.25, 0.3) is 0 Å². The van der Waals surface area contributed by atoms with E-state index in [1.807, 2.05) is 39.4 Å². The standard InChI is InChI=1S/C15H21Cl2N2O2P/c1-15(2)11-8-6-7-9-12(11)19(5)13(15)10-14(18(3)4)21-22(16,17)20/h6-10,14H,1-5H3/b13-10+. The summed E-state index contributed by atoms with van der Waals surface area (Å²) in [6.45, 7) is 4.30. The maximum absolute atomic E-state index is 11.6. The molecule has 7 heteroatoms. The third-order valence-electron chi connectivity index (χ3n) is 3.98. The third-order valence-corrected chi connectivity index (χ3v) is 4.92. The number of hydrogen-bond acceptors (Lipinski definition) is 4. The number of fused-ring (bicyclic) bond motifs is 1. The number of allylic oxidation sites excluding steroid dienone is 1. The first kappa shape index (κ1) is 17.8. The number of hydrogen-bond donors (Lipinski definition) is 0. The van der Waals surface area contributed by atoms with Gasteiger partial charge < -0.3 is 4.90 Å². The van der Waals surface area contributed by atoms with Crippen LogP contribution in [0.15, 0.2) is 36.0 Å². The Balaban J connectivity index is 2.45. The monoisotopic (exact) mass is 362 g/mol. The fraction of sp³-hybridized carbons (Fsp3) is 0.467. The number of halogens is 2. The first-order chi connectivity index (χ1) is 10.0. The van der Waals surface area contributed by atoms with Crippen LogP contribution < -0.4 is 4.90 Å². The lowest BCUT2D eigenvalue weighted by atomic mass is 9.83. The van der Waals surface area contributed by atoms with Gasteiger partial charge in [-0.1, -0.05) is 32.0 Å². The molecule has 1 atom stereocenters. The third kappa shape index (κ3) is 3.52. The Kier molecular flexibility index (Phi) is 5.01. The highest BCUT2D eigenvalue weighted by molar-refractivity contribution is 8.05. The van der Waals surface area contributed by atoms with Gasteiger partial charge in [-0.3, -0.25) is 14.0 Å². The Labute approximate surface area is 141 Å². The lowest BCUT2D eigenvalue weighted by molar-refractivity contribution is 0.116. The van der Waals surface area contributed by atoms with E-state index in [0.717, 1.165) is 11.4 Å². The van der Waals surface area contributed by atoms with Gasteiger partial charge in [0.1, 0.15) is 6.23 Å². The van der Waals surface area contributed by atoms with E-state index in [9.17, 15) is 4.57 Å². The van der Waals surface area contributed by atoms with Crippen molar-refractivity contribution in [2.75, 3.05) is 26.0 Å². The van der Waals surface area contributed by atoms with E-state index in [-0.39, 0.29) is 5.41 Å². The summed E-state index contributed by atoms with van der Waals surface area (Å²) in [5.74, 6) is 0.